The summed E-state index contributed by atoms with van der Waals surface area (Å²) in [6.07, 6.45) is 3.20. The Bertz CT molecular complexity index is 685. The molecule has 128 valence electrons. The van der Waals surface area contributed by atoms with Gasteiger partial charge < -0.3 is 14.1 Å². The van der Waals surface area contributed by atoms with Crippen LogP contribution < -0.4 is 4.74 Å². The fourth-order valence-electron chi connectivity index (χ4n) is 3.20. The number of carbonyl (C=O) groups excluding carboxylic acids is 1. The van der Waals surface area contributed by atoms with Gasteiger partial charge >= 0.3 is 0 Å². The van der Waals surface area contributed by atoms with Gasteiger partial charge in [-0.25, -0.2) is 4.39 Å². The molecule has 24 heavy (non-hydrogen) atoms. The van der Waals surface area contributed by atoms with E-state index in [4.69, 9.17) is 9.15 Å². The van der Waals surface area contributed by atoms with Crippen molar-refractivity contribution in [3.8, 4) is 5.75 Å². The third-order valence-corrected chi connectivity index (χ3v) is 4.50. The number of nitrogens with zero attached hydrogens (tertiary/aromatic N) is 1. The molecule has 4 nitrogen and oxygen atoms in total. The van der Waals surface area contributed by atoms with Crippen LogP contribution in [-0.4, -0.2) is 22.9 Å². The number of hydrogen-bond donors (Lipinski definition) is 0. The van der Waals surface area contributed by atoms with Gasteiger partial charge in [-0.3, -0.25) is 4.79 Å². The molecule has 2 heterocycles. The molecular weight excluding hydrogens is 309 g/mol. The minimum Gasteiger partial charge on any atom is -0.486 e. The SMILES string of the molecule is CC1CCCC(C)N1C(=O)c1ccc(COc2ccc(F)cc2)o1. The molecule has 0 aliphatic carbocycles. The molecule has 1 aromatic carbocycles. The van der Waals surface area contributed by atoms with Gasteiger partial charge in [-0.1, -0.05) is 0 Å². The first-order chi connectivity index (χ1) is 11.5. The zero-order valence-electron chi connectivity index (χ0n) is 14.0. The summed E-state index contributed by atoms with van der Waals surface area (Å²) in [5.41, 5.74) is 0. The molecule has 1 aliphatic rings. The van der Waals surface area contributed by atoms with Gasteiger partial charge in [0.25, 0.3) is 5.91 Å². The van der Waals surface area contributed by atoms with Crippen molar-refractivity contribution >= 4 is 5.91 Å². The first kappa shape index (κ1) is 16.6. The molecule has 1 saturated heterocycles. The van der Waals surface area contributed by atoms with E-state index in [-0.39, 0.29) is 30.4 Å². The number of rotatable bonds is 4. The van der Waals surface area contributed by atoms with Crippen LogP contribution in [0.1, 0.15) is 49.4 Å². The van der Waals surface area contributed by atoms with Gasteiger partial charge in [-0.15, -0.1) is 0 Å². The molecule has 1 fully saturated rings. The summed E-state index contributed by atoms with van der Waals surface area (Å²) in [5.74, 6) is 1.09. The normalized spacial score (nSPS) is 20.9. The molecule has 0 bridgehead atoms. The number of halogens is 1. The second-order valence-corrected chi connectivity index (χ2v) is 6.35. The maximum atomic E-state index is 12.9. The lowest BCUT2D eigenvalue weighted by atomic mass is 9.97. The molecule has 0 N–H and O–H groups in total. The Hall–Kier alpha value is -2.30. The Morgan fingerprint density at radius 2 is 1.83 bits per heavy atom. The van der Waals surface area contributed by atoms with Crippen LogP contribution in [0.5, 0.6) is 5.75 Å². The summed E-state index contributed by atoms with van der Waals surface area (Å²) in [7, 11) is 0. The smallest absolute Gasteiger partial charge is 0.290 e. The summed E-state index contributed by atoms with van der Waals surface area (Å²) >= 11 is 0. The third-order valence-electron chi connectivity index (χ3n) is 4.50. The molecule has 2 atom stereocenters. The minimum absolute atomic E-state index is 0.0669. The lowest BCUT2D eigenvalue weighted by Crippen LogP contribution is -2.47. The molecule has 1 aliphatic heterocycles. The van der Waals surface area contributed by atoms with Crippen molar-refractivity contribution in [2.75, 3.05) is 0 Å². The van der Waals surface area contributed by atoms with Gasteiger partial charge in [0.2, 0.25) is 0 Å². The third kappa shape index (κ3) is 3.61. The molecule has 1 amide bonds. The number of hydrogen-bond acceptors (Lipinski definition) is 3. The van der Waals surface area contributed by atoms with Crippen LogP contribution in [-0.2, 0) is 6.61 Å². The number of carbonyl (C=O) groups is 1. The average Bonchev–Trinajstić information content (AvgIpc) is 3.03. The van der Waals surface area contributed by atoms with E-state index in [0.717, 1.165) is 19.3 Å². The van der Waals surface area contributed by atoms with Gasteiger partial charge in [-0.2, -0.15) is 0 Å². The van der Waals surface area contributed by atoms with Gasteiger partial charge in [0.1, 0.15) is 23.9 Å². The first-order valence-electron chi connectivity index (χ1n) is 8.34. The van der Waals surface area contributed by atoms with Gasteiger partial charge in [0.05, 0.1) is 0 Å². The zero-order chi connectivity index (χ0) is 17.1. The predicted octanol–water partition coefficient (Wildman–Crippen LogP) is 4.40. The van der Waals surface area contributed by atoms with Crippen molar-refractivity contribution in [2.45, 2.75) is 51.8 Å². The van der Waals surface area contributed by atoms with E-state index in [1.807, 2.05) is 4.90 Å². The van der Waals surface area contributed by atoms with Gasteiger partial charge in [-0.05, 0) is 69.5 Å². The zero-order valence-corrected chi connectivity index (χ0v) is 14.0. The largest absolute Gasteiger partial charge is 0.486 e. The second kappa shape index (κ2) is 7.07. The van der Waals surface area contributed by atoms with Crippen molar-refractivity contribution in [2.24, 2.45) is 0 Å². The molecule has 0 spiro atoms. The Labute approximate surface area is 141 Å². The average molecular weight is 331 g/mol. The number of amides is 1. The van der Waals surface area contributed by atoms with Crippen molar-refractivity contribution in [1.82, 2.24) is 4.90 Å². The molecule has 5 heteroatoms. The Kier molecular flexibility index (Phi) is 4.88. The minimum atomic E-state index is -0.307. The summed E-state index contributed by atoms with van der Waals surface area (Å²) in [6, 6.07) is 9.69. The Balaban J connectivity index is 1.64. The van der Waals surface area contributed by atoms with Crippen molar-refractivity contribution in [3.05, 3.63) is 53.7 Å². The summed E-state index contributed by atoms with van der Waals surface area (Å²) in [4.78, 5) is 14.6. The van der Waals surface area contributed by atoms with Crippen LogP contribution in [0, 0.1) is 5.82 Å². The van der Waals surface area contributed by atoms with E-state index in [2.05, 4.69) is 13.8 Å². The molecule has 2 aromatic rings. The van der Waals surface area contributed by atoms with E-state index >= 15 is 0 Å². The number of benzene rings is 1. The number of likely N-dealkylation sites (tertiary alicyclic amines) is 1. The summed E-state index contributed by atoms with van der Waals surface area (Å²) < 4.78 is 24.1. The Morgan fingerprint density at radius 1 is 1.17 bits per heavy atom. The maximum absolute atomic E-state index is 12.9. The molecule has 2 unspecified atom stereocenters. The number of piperidine rings is 1. The van der Waals surface area contributed by atoms with Crippen molar-refractivity contribution < 1.29 is 18.3 Å². The van der Waals surface area contributed by atoms with Gasteiger partial charge in [0, 0.05) is 12.1 Å². The molecule has 3 rings (SSSR count). The maximum Gasteiger partial charge on any atom is 0.290 e. The predicted molar refractivity (Wildman–Crippen MR) is 88.4 cm³/mol. The summed E-state index contributed by atoms with van der Waals surface area (Å²) in [5, 5.41) is 0. The second-order valence-electron chi connectivity index (χ2n) is 6.35. The van der Waals surface area contributed by atoms with E-state index in [1.165, 1.54) is 12.1 Å². The van der Waals surface area contributed by atoms with E-state index in [1.54, 1.807) is 24.3 Å². The Morgan fingerprint density at radius 3 is 2.50 bits per heavy atom. The van der Waals surface area contributed by atoms with E-state index < -0.39 is 0 Å². The summed E-state index contributed by atoms with van der Waals surface area (Å²) in [6.45, 7) is 4.36. The van der Waals surface area contributed by atoms with Crippen molar-refractivity contribution in [3.63, 3.8) is 0 Å². The lowest BCUT2D eigenvalue weighted by Gasteiger charge is -2.38. The monoisotopic (exact) mass is 331 g/mol. The number of furan rings is 1. The lowest BCUT2D eigenvalue weighted by molar-refractivity contribution is 0.0475. The molecule has 0 saturated carbocycles. The molecule has 0 radical (unpaired) electrons. The van der Waals surface area contributed by atoms with Crippen LogP contribution >= 0.6 is 0 Å². The highest BCUT2D eigenvalue weighted by atomic mass is 19.1. The van der Waals surface area contributed by atoms with Gasteiger partial charge in [0.15, 0.2) is 5.76 Å². The fourth-order valence-corrected chi connectivity index (χ4v) is 3.20. The highest BCUT2D eigenvalue weighted by Crippen LogP contribution is 2.25. The first-order valence-corrected chi connectivity index (χ1v) is 8.34. The highest BCUT2D eigenvalue weighted by molar-refractivity contribution is 5.92. The topological polar surface area (TPSA) is 42.7 Å². The van der Waals surface area contributed by atoms with Crippen molar-refractivity contribution in [1.29, 1.82) is 0 Å². The van der Waals surface area contributed by atoms with Crippen LogP contribution in [0.2, 0.25) is 0 Å². The fraction of sp³-hybridized carbons (Fsp3) is 0.421. The van der Waals surface area contributed by atoms with Crippen LogP contribution in [0.4, 0.5) is 4.39 Å². The number of ether oxygens (including phenoxy) is 1. The van der Waals surface area contributed by atoms with E-state index in [9.17, 15) is 9.18 Å². The molecule has 1 aromatic heterocycles. The quantitative estimate of drug-likeness (QED) is 0.834. The van der Waals surface area contributed by atoms with Crippen LogP contribution in [0.3, 0.4) is 0 Å². The highest BCUT2D eigenvalue weighted by Gasteiger charge is 2.31. The standard InChI is InChI=1S/C19H22FNO3/c1-13-4-3-5-14(2)21(13)19(22)18-11-10-17(24-18)12-23-16-8-6-15(20)7-9-16/h6-11,13-14H,3-5,12H2,1-2H3. The van der Waals surface area contributed by atoms with E-state index in [0.29, 0.717) is 17.3 Å². The van der Waals surface area contributed by atoms with Crippen LogP contribution in [0.15, 0.2) is 40.8 Å². The van der Waals surface area contributed by atoms with Crippen LogP contribution in [0.25, 0.3) is 0 Å². The molecular formula is C19H22FNO3.